The lowest BCUT2D eigenvalue weighted by Gasteiger charge is -2.17. The third-order valence-electron chi connectivity index (χ3n) is 4.00. The number of benzene rings is 2. The minimum absolute atomic E-state index is 0.262. The van der Waals surface area contributed by atoms with E-state index in [-0.39, 0.29) is 11.9 Å². The van der Waals surface area contributed by atoms with Gasteiger partial charge in [0.2, 0.25) is 0 Å². The second-order valence-corrected chi connectivity index (χ2v) is 6.14. The van der Waals surface area contributed by atoms with Gasteiger partial charge in [-0.15, -0.1) is 0 Å². The fourth-order valence-electron chi connectivity index (χ4n) is 2.41. The third-order valence-corrected chi connectivity index (χ3v) is 4.24. The third kappa shape index (κ3) is 5.86. The number of nitrogens with zero attached hydrogens (tertiary/aromatic N) is 1. The Bertz CT molecular complexity index is 743. The monoisotopic (exact) mass is 374 g/mol. The fraction of sp³-hybridized carbons (Fsp3) is 0.300. The summed E-state index contributed by atoms with van der Waals surface area (Å²) >= 11 is 5.89. The molecule has 138 valence electrons. The van der Waals surface area contributed by atoms with Crippen LogP contribution in [0.5, 0.6) is 0 Å². The number of likely N-dealkylation sites (N-methyl/N-ethyl adjacent to an activating group) is 1. The van der Waals surface area contributed by atoms with Gasteiger partial charge < -0.3 is 15.0 Å². The molecule has 0 heterocycles. The van der Waals surface area contributed by atoms with Gasteiger partial charge in [-0.2, -0.15) is 0 Å². The Morgan fingerprint density at radius 1 is 1.04 bits per heavy atom. The van der Waals surface area contributed by atoms with Crippen molar-refractivity contribution >= 4 is 29.2 Å². The van der Waals surface area contributed by atoms with E-state index in [0.717, 1.165) is 13.1 Å². The zero-order valence-electron chi connectivity index (χ0n) is 15.0. The van der Waals surface area contributed by atoms with E-state index in [1.165, 1.54) is 0 Å². The number of hydrogen-bond donors (Lipinski definition) is 1. The molecule has 2 aromatic rings. The first-order chi connectivity index (χ1) is 12.5. The minimum Gasteiger partial charge on any atom is -0.461 e. The molecule has 5 nitrogen and oxygen atoms in total. The molecule has 0 saturated carbocycles. The van der Waals surface area contributed by atoms with Crippen LogP contribution in [-0.4, -0.2) is 43.0 Å². The summed E-state index contributed by atoms with van der Waals surface area (Å²) in [4.78, 5) is 26.4. The van der Waals surface area contributed by atoms with E-state index in [4.69, 9.17) is 16.3 Å². The van der Waals surface area contributed by atoms with Crippen molar-refractivity contribution in [3.8, 4) is 0 Å². The molecule has 26 heavy (non-hydrogen) atoms. The summed E-state index contributed by atoms with van der Waals surface area (Å²) in [6.45, 7) is 7.06. The lowest BCUT2D eigenvalue weighted by molar-refractivity contribution is 0.0466. The molecule has 6 heteroatoms. The van der Waals surface area contributed by atoms with Crippen LogP contribution >= 0.6 is 11.6 Å². The van der Waals surface area contributed by atoms with Crippen molar-refractivity contribution in [3.63, 3.8) is 0 Å². The van der Waals surface area contributed by atoms with Gasteiger partial charge in [-0.25, -0.2) is 4.79 Å². The van der Waals surface area contributed by atoms with Crippen molar-refractivity contribution in [2.24, 2.45) is 0 Å². The molecule has 0 aromatic heterocycles. The van der Waals surface area contributed by atoms with Crippen molar-refractivity contribution in [3.05, 3.63) is 64.7 Å². The Labute approximate surface area is 158 Å². The van der Waals surface area contributed by atoms with E-state index in [2.05, 4.69) is 24.1 Å². The number of rotatable bonds is 8. The maximum Gasteiger partial charge on any atom is 0.338 e. The molecular weight excluding hydrogens is 352 g/mol. The van der Waals surface area contributed by atoms with Crippen LogP contribution in [0.3, 0.4) is 0 Å². The van der Waals surface area contributed by atoms with Crippen LogP contribution in [0.4, 0.5) is 5.69 Å². The average molecular weight is 375 g/mol. The Kier molecular flexibility index (Phi) is 7.63. The average Bonchev–Trinajstić information content (AvgIpc) is 2.65. The van der Waals surface area contributed by atoms with Gasteiger partial charge >= 0.3 is 5.97 Å². The Morgan fingerprint density at radius 3 is 2.35 bits per heavy atom. The molecule has 0 atom stereocenters. The molecule has 1 amide bonds. The first-order valence-corrected chi connectivity index (χ1v) is 8.97. The number of carbonyl (C=O) groups is 2. The lowest BCUT2D eigenvalue weighted by Crippen LogP contribution is -2.27. The van der Waals surface area contributed by atoms with E-state index in [1.54, 1.807) is 48.5 Å². The van der Waals surface area contributed by atoms with Gasteiger partial charge in [0.15, 0.2) is 0 Å². The van der Waals surface area contributed by atoms with Crippen LogP contribution in [0.1, 0.15) is 34.6 Å². The zero-order chi connectivity index (χ0) is 18.9. The number of halogens is 1. The lowest BCUT2D eigenvalue weighted by atomic mass is 10.2. The molecule has 0 saturated heterocycles. The summed E-state index contributed by atoms with van der Waals surface area (Å²) in [5.41, 5.74) is 1.51. The van der Waals surface area contributed by atoms with Crippen molar-refractivity contribution in [1.82, 2.24) is 4.90 Å². The smallest absolute Gasteiger partial charge is 0.338 e. The predicted molar refractivity (Wildman–Crippen MR) is 104 cm³/mol. The number of hydrogen-bond acceptors (Lipinski definition) is 4. The Balaban J connectivity index is 1.89. The van der Waals surface area contributed by atoms with Crippen molar-refractivity contribution in [2.45, 2.75) is 13.8 Å². The molecule has 0 bridgehead atoms. The molecule has 0 aliphatic carbocycles. The van der Waals surface area contributed by atoms with Gasteiger partial charge in [0, 0.05) is 22.8 Å². The van der Waals surface area contributed by atoms with Gasteiger partial charge in [-0.3, -0.25) is 4.79 Å². The molecule has 2 rings (SSSR count). The maximum absolute atomic E-state index is 12.2. The van der Waals surface area contributed by atoms with Crippen LogP contribution in [0.15, 0.2) is 48.5 Å². The van der Waals surface area contributed by atoms with Crippen molar-refractivity contribution < 1.29 is 14.3 Å². The number of amides is 1. The number of ether oxygens (including phenoxy) is 1. The van der Waals surface area contributed by atoms with Gasteiger partial charge in [-0.05, 0) is 55.6 Å². The van der Waals surface area contributed by atoms with E-state index >= 15 is 0 Å². The molecular formula is C20H23ClN2O3. The topological polar surface area (TPSA) is 58.6 Å². The van der Waals surface area contributed by atoms with Crippen LogP contribution in [0, 0.1) is 0 Å². The largest absolute Gasteiger partial charge is 0.461 e. The summed E-state index contributed by atoms with van der Waals surface area (Å²) in [7, 11) is 0. The summed E-state index contributed by atoms with van der Waals surface area (Å²) in [5, 5.41) is 3.27. The molecule has 0 unspecified atom stereocenters. The van der Waals surface area contributed by atoms with E-state index in [0.29, 0.717) is 35.0 Å². The SMILES string of the molecule is CCN(CC)CCOC(=O)c1ccc(NC(=O)c2cccc(Cl)c2)cc1. The summed E-state index contributed by atoms with van der Waals surface area (Å²) in [5.74, 6) is -0.632. The minimum atomic E-state index is -0.370. The highest BCUT2D eigenvalue weighted by Crippen LogP contribution is 2.15. The Hall–Kier alpha value is -2.37. The van der Waals surface area contributed by atoms with Crippen LogP contribution in [0.2, 0.25) is 5.02 Å². The van der Waals surface area contributed by atoms with Gasteiger partial charge in [0.05, 0.1) is 5.56 Å². The van der Waals surface area contributed by atoms with Crippen LogP contribution in [0.25, 0.3) is 0 Å². The molecule has 0 fully saturated rings. The number of esters is 1. The first kappa shape index (κ1) is 19.9. The highest BCUT2D eigenvalue weighted by atomic mass is 35.5. The molecule has 0 aliphatic rings. The highest BCUT2D eigenvalue weighted by Gasteiger charge is 2.10. The molecule has 0 radical (unpaired) electrons. The summed E-state index contributed by atoms with van der Waals surface area (Å²) in [6.07, 6.45) is 0. The van der Waals surface area contributed by atoms with Crippen LogP contribution in [-0.2, 0) is 4.74 Å². The summed E-state index contributed by atoms with van der Waals surface area (Å²) < 4.78 is 5.28. The summed E-state index contributed by atoms with van der Waals surface area (Å²) in [6, 6.07) is 13.3. The fourth-order valence-corrected chi connectivity index (χ4v) is 2.60. The normalized spacial score (nSPS) is 10.6. The van der Waals surface area contributed by atoms with Crippen molar-refractivity contribution in [2.75, 3.05) is 31.6 Å². The Morgan fingerprint density at radius 2 is 1.73 bits per heavy atom. The standard InChI is InChI=1S/C20H23ClN2O3/c1-3-23(4-2)12-13-26-20(25)15-8-10-18(11-9-15)22-19(24)16-6-5-7-17(21)14-16/h5-11,14H,3-4,12-13H2,1-2H3,(H,22,24). The maximum atomic E-state index is 12.2. The first-order valence-electron chi connectivity index (χ1n) is 8.60. The predicted octanol–water partition coefficient (Wildman–Crippen LogP) is 4.09. The highest BCUT2D eigenvalue weighted by molar-refractivity contribution is 6.31. The van der Waals surface area contributed by atoms with E-state index in [9.17, 15) is 9.59 Å². The molecule has 2 aromatic carbocycles. The van der Waals surface area contributed by atoms with Gasteiger partial charge in [0.1, 0.15) is 6.61 Å². The van der Waals surface area contributed by atoms with Gasteiger partial charge in [-0.1, -0.05) is 31.5 Å². The van der Waals surface area contributed by atoms with E-state index < -0.39 is 0 Å². The van der Waals surface area contributed by atoms with Crippen LogP contribution < -0.4 is 5.32 Å². The molecule has 0 aliphatic heterocycles. The van der Waals surface area contributed by atoms with E-state index in [1.807, 2.05) is 0 Å². The zero-order valence-corrected chi connectivity index (χ0v) is 15.8. The second kappa shape index (κ2) is 9.94. The number of nitrogens with one attached hydrogen (secondary N) is 1. The number of anilines is 1. The second-order valence-electron chi connectivity index (χ2n) is 5.70. The molecule has 0 spiro atoms. The quantitative estimate of drug-likeness (QED) is 0.707. The molecule has 1 N–H and O–H groups in total. The number of carbonyl (C=O) groups excluding carboxylic acids is 2. The van der Waals surface area contributed by atoms with Gasteiger partial charge in [0.25, 0.3) is 5.91 Å². The van der Waals surface area contributed by atoms with Crippen molar-refractivity contribution in [1.29, 1.82) is 0 Å².